The SMILES string of the molecule is CC1(C(=O)O)CC(C(=O)O)(c2c(F)cc(Cl)c(O)c2N)C=CC1C(F)F. The van der Waals surface area contributed by atoms with Crippen molar-refractivity contribution in [3.05, 3.63) is 34.6 Å². The number of hydrogen-bond acceptors (Lipinski definition) is 4. The molecule has 1 aromatic rings. The molecular weight excluding hydrogens is 379 g/mol. The molecule has 1 aliphatic rings. The van der Waals surface area contributed by atoms with Crippen LogP contribution in [0.25, 0.3) is 0 Å². The maximum atomic E-state index is 14.5. The standard InChI is InChI=1S/C16H15ClF3NO5/c1-15(13(23)24)5-16(14(25)26,3-2-6(15)12(19)20)9-8(18)4-7(17)11(22)10(9)21/h2-4,6,12,22H,5,21H2,1H3,(H,23,24)(H,25,26). The molecule has 1 aromatic carbocycles. The molecule has 1 aliphatic carbocycles. The molecule has 0 amide bonds. The number of benzene rings is 1. The Hall–Kier alpha value is -2.42. The minimum Gasteiger partial charge on any atom is -0.504 e. The lowest BCUT2D eigenvalue weighted by Crippen LogP contribution is -2.50. The van der Waals surface area contributed by atoms with Gasteiger partial charge in [0.05, 0.1) is 22.0 Å². The molecular formula is C16H15ClF3NO5. The van der Waals surface area contributed by atoms with E-state index in [4.69, 9.17) is 17.3 Å². The molecule has 6 nitrogen and oxygen atoms in total. The maximum absolute atomic E-state index is 14.5. The van der Waals surface area contributed by atoms with Gasteiger partial charge in [0.15, 0.2) is 5.75 Å². The number of carboxylic acid groups (broad SMARTS) is 2. The molecule has 0 heterocycles. The second-order valence-electron chi connectivity index (χ2n) is 6.37. The van der Waals surface area contributed by atoms with E-state index in [2.05, 4.69) is 0 Å². The number of allylic oxidation sites excluding steroid dienone is 1. The summed E-state index contributed by atoms with van der Waals surface area (Å²) in [5.74, 6) is -7.17. The fourth-order valence-electron chi connectivity index (χ4n) is 3.32. The molecule has 0 fully saturated rings. The molecule has 0 aromatic heterocycles. The summed E-state index contributed by atoms with van der Waals surface area (Å²) in [4.78, 5) is 23.7. The monoisotopic (exact) mass is 393 g/mol. The fourth-order valence-corrected chi connectivity index (χ4v) is 3.52. The summed E-state index contributed by atoms with van der Waals surface area (Å²) in [5, 5.41) is 28.5. The summed E-state index contributed by atoms with van der Waals surface area (Å²) in [6, 6.07) is 0.623. The van der Waals surface area contributed by atoms with Gasteiger partial charge in [-0.15, -0.1) is 0 Å². The Labute approximate surface area is 150 Å². The number of phenolic OH excluding ortho intramolecular Hbond substituents is 1. The number of nitrogens with two attached hydrogens (primary N) is 1. The Morgan fingerprint density at radius 1 is 1.35 bits per heavy atom. The number of alkyl halides is 2. The predicted molar refractivity (Wildman–Crippen MR) is 85.8 cm³/mol. The van der Waals surface area contributed by atoms with Crippen molar-refractivity contribution in [3.63, 3.8) is 0 Å². The van der Waals surface area contributed by atoms with Crippen molar-refractivity contribution in [2.24, 2.45) is 11.3 Å². The van der Waals surface area contributed by atoms with Gasteiger partial charge in [0.25, 0.3) is 0 Å². The molecule has 0 spiro atoms. The van der Waals surface area contributed by atoms with Gasteiger partial charge in [-0.3, -0.25) is 9.59 Å². The highest BCUT2D eigenvalue weighted by Crippen LogP contribution is 2.52. The number of carboxylic acids is 2. The molecule has 0 radical (unpaired) electrons. The summed E-state index contributed by atoms with van der Waals surface area (Å²) in [5.41, 5.74) is -0.413. The van der Waals surface area contributed by atoms with Crippen LogP contribution >= 0.6 is 11.6 Å². The third-order valence-corrected chi connectivity index (χ3v) is 5.09. The second-order valence-corrected chi connectivity index (χ2v) is 6.78. The topological polar surface area (TPSA) is 121 Å². The Kier molecular flexibility index (Phi) is 4.89. The lowest BCUT2D eigenvalue weighted by molar-refractivity contribution is -0.159. The zero-order valence-corrected chi connectivity index (χ0v) is 14.1. The third kappa shape index (κ3) is 2.76. The summed E-state index contributed by atoms with van der Waals surface area (Å²) in [6.07, 6.45) is -2.46. The van der Waals surface area contributed by atoms with E-state index < -0.39 is 69.4 Å². The highest BCUT2D eigenvalue weighted by molar-refractivity contribution is 6.32. The van der Waals surface area contributed by atoms with Crippen LogP contribution < -0.4 is 5.73 Å². The average molecular weight is 394 g/mol. The highest BCUT2D eigenvalue weighted by Gasteiger charge is 2.57. The van der Waals surface area contributed by atoms with Gasteiger partial charge in [-0.25, -0.2) is 13.2 Å². The maximum Gasteiger partial charge on any atom is 0.318 e. The number of anilines is 1. The van der Waals surface area contributed by atoms with Crippen molar-refractivity contribution in [1.29, 1.82) is 0 Å². The van der Waals surface area contributed by atoms with Gasteiger partial charge in [0, 0.05) is 5.56 Å². The molecule has 5 N–H and O–H groups in total. The Morgan fingerprint density at radius 3 is 2.38 bits per heavy atom. The summed E-state index contributed by atoms with van der Waals surface area (Å²) < 4.78 is 41.1. The van der Waals surface area contributed by atoms with Gasteiger partial charge >= 0.3 is 11.9 Å². The van der Waals surface area contributed by atoms with E-state index in [9.17, 15) is 38.1 Å². The van der Waals surface area contributed by atoms with Crippen molar-refractivity contribution in [2.75, 3.05) is 5.73 Å². The van der Waals surface area contributed by atoms with Gasteiger partial charge < -0.3 is 21.1 Å². The third-order valence-electron chi connectivity index (χ3n) is 4.80. The van der Waals surface area contributed by atoms with E-state index in [1.54, 1.807) is 0 Å². The first kappa shape index (κ1) is 19.9. The van der Waals surface area contributed by atoms with Crippen LogP contribution in [-0.2, 0) is 15.0 Å². The van der Waals surface area contributed by atoms with E-state index in [0.29, 0.717) is 6.07 Å². The lowest BCUT2D eigenvalue weighted by Gasteiger charge is -2.43. The fraction of sp³-hybridized carbons (Fsp3) is 0.375. The number of halogens is 4. The summed E-state index contributed by atoms with van der Waals surface area (Å²) in [6.45, 7) is 0.956. The number of aliphatic carboxylic acids is 2. The van der Waals surface area contributed by atoms with Gasteiger partial charge in [-0.2, -0.15) is 0 Å². The number of rotatable bonds is 4. The summed E-state index contributed by atoms with van der Waals surface area (Å²) in [7, 11) is 0. The predicted octanol–water partition coefficient (Wildman–Crippen LogP) is 3.02. The van der Waals surface area contributed by atoms with E-state index in [0.717, 1.165) is 19.1 Å². The smallest absolute Gasteiger partial charge is 0.318 e. The van der Waals surface area contributed by atoms with Crippen LogP contribution in [0.2, 0.25) is 5.02 Å². The van der Waals surface area contributed by atoms with Gasteiger partial charge in [0.1, 0.15) is 11.2 Å². The Bertz CT molecular complexity index is 816. The number of hydrogen-bond donors (Lipinski definition) is 4. The van der Waals surface area contributed by atoms with E-state index >= 15 is 0 Å². The van der Waals surface area contributed by atoms with Crippen LogP contribution in [0, 0.1) is 17.2 Å². The first-order valence-electron chi connectivity index (χ1n) is 7.29. The van der Waals surface area contributed by atoms with Crippen LogP contribution in [0.3, 0.4) is 0 Å². The zero-order valence-electron chi connectivity index (χ0n) is 13.3. The number of carbonyl (C=O) groups is 2. The Morgan fingerprint density at radius 2 is 1.92 bits per heavy atom. The number of aromatic hydroxyl groups is 1. The Balaban J connectivity index is 2.83. The normalized spacial score (nSPS) is 28.3. The first-order valence-corrected chi connectivity index (χ1v) is 7.67. The van der Waals surface area contributed by atoms with Crippen molar-refractivity contribution >= 4 is 29.2 Å². The van der Waals surface area contributed by atoms with Crippen molar-refractivity contribution in [1.82, 2.24) is 0 Å². The van der Waals surface area contributed by atoms with Crippen molar-refractivity contribution in [2.45, 2.75) is 25.2 Å². The lowest BCUT2D eigenvalue weighted by atomic mass is 9.59. The molecule has 3 atom stereocenters. The molecule has 142 valence electrons. The largest absolute Gasteiger partial charge is 0.504 e. The van der Waals surface area contributed by atoms with E-state index in [-0.39, 0.29) is 0 Å². The molecule has 10 heteroatoms. The number of nitrogen functional groups attached to an aromatic ring is 1. The average Bonchev–Trinajstić information content (AvgIpc) is 2.52. The minimum atomic E-state index is -3.08. The van der Waals surface area contributed by atoms with E-state index in [1.807, 2.05) is 0 Å². The van der Waals surface area contributed by atoms with Crippen LogP contribution in [0.15, 0.2) is 18.2 Å². The quantitative estimate of drug-likeness (QED) is 0.354. The number of phenols is 1. The molecule has 26 heavy (non-hydrogen) atoms. The molecule has 0 saturated carbocycles. The zero-order chi connectivity index (χ0) is 20.0. The molecule has 0 bridgehead atoms. The van der Waals surface area contributed by atoms with Crippen LogP contribution in [0.1, 0.15) is 18.9 Å². The van der Waals surface area contributed by atoms with E-state index in [1.165, 1.54) is 0 Å². The first-order chi connectivity index (χ1) is 11.9. The molecule has 3 unspecified atom stereocenters. The molecule has 0 aliphatic heterocycles. The van der Waals surface area contributed by atoms with Crippen molar-refractivity contribution < 1.29 is 38.1 Å². The van der Waals surface area contributed by atoms with Gasteiger partial charge in [-0.1, -0.05) is 23.8 Å². The molecule has 0 saturated heterocycles. The van der Waals surface area contributed by atoms with Crippen LogP contribution in [-0.4, -0.2) is 33.7 Å². The summed E-state index contributed by atoms with van der Waals surface area (Å²) >= 11 is 5.60. The van der Waals surface area contributed by atoms with Crippen molar-refractivity contribution in [3.8, 4) is 5.75 Å². The molecule has 2 rings (SSSR count). The minimum absolute atomic E-state index is 0.476. The van der Waals surface area contributed by atoms with Gasteiger partial charge in [-0.05, 0) is 19.4 Å². The van der Waals surface area contributed by atoms with Crippen LogP contribution in [0.4, 0.5) is 18.9 Å². The van der Waals surface area contributed by atoms with Crippen LogP contribution in [0.5, 0.6) is 5.75 Å². The second kappa shape index (κ2) is 6.39. The van der Waals surface area contributed by atoms with Gasteiger partial charge in [0.2, 0.25) is 6.43 Å². The highest BCUT2D eigenvalue weighted by atomic mass is 35.5.